The molecule has 3 aromatic heterocycles. The summed E-state index contributed by atoms with van der Waals surface area (Å²) in [5.41, 5.74) is 3.48. The molecule has 0 bridgehead atoms. The third kappa shape index (κ3) is 4.88. The van der Waals surface area contributed by atoms with E-state index in [9.17, 15) is 4.79 Å². The fourth-order valence-corrected chi connectivity index (χ4v) is 3.28. The van der Waals surface area contributed by atoms with Gasteiger partial charge in [0.1, 0.15) is 11.6 Å². The molecule has 1 amide bonds. The molecule has 3 heterocycles. The Morgan fingerprint density at radius 1 is 1.03 bits per heavy atom. The van der Waals surface area contributed by atoms with Crippen molar-refractivity contribution in [1.29, 1.82) is 0 Å². The van der Waals surface area contributed by atoms with Crippen molar-refractivity contribution in [3.8, 4) is 0 Å². The second-order valence-electron chi connectivity index (χ2n) is 8.41. The number of hydrogen-bond donors (Lipinski definition) is 2. The number of amides is 1. The fraction of sp³-hybridized carbons (Fsp3) is 0.250. The third-order valence-corrected chi connectivity index (χ3v) is 5.03. The molecular weight excluding hydrogens is 388 g/mol. The summed E-state index contributed by atoms with van der Waals surface area (Å²) in [5.74, 6) is 1.03. The first-order valence-corrected chi connectivity index (χ1v) is 10.3. The first-order valence-electron chi connectivity index (χ1n) is 10.3. The van der Waals surface area contributed by atoms with Gasteiger partial charge in [0.25, 0.3) is 5.91 Å². The molecule has 31 heavy (non-hydrogen) atoms. The molecule has 7 heteroatoms. The molecule has 0 aliphatic heterocycles. The van der Waals surface area contributed by atoms with Gasteiger partial charge in [-0.2, -0.15) is 9.61 Å². The zero-order valence-corrected chi connectivity index (χ0v) is 18.0. The summed E-state index contributed by atoms with van der Waals surface area (Å²) in [6, 6.07) is 17.1. The van der Waals surface area contributed by atoms with Gasteiger partial charge in [0.2, 0.25) is 0 Å². The average molecular weight is 415 g/mol. The van der Waals surface area contributed by atoms with E-state index in [-0.39, 0.29) is 11.3 Å². The summed E-state index contributed by atoms with van der Waals surface area (Å²) in [5, 5.41) is 10.6. The molecule has 0 unspecified atom stereocenters. The van der Waals surface area contributed by atoms with Crippen molar-refractivity contribution in [2.45, 2.75) is 32.6 Å². The number of rotatable bonds is 6. The van der Waals surface area contributed by atoms with Crippen molar-refractivity contribution in [2.24, 2.45) is 0 Å². The van der Waals surface area contributed by atoms with Crippen LogP contribution in [0.1, 0.15) is 42.4 Å². The number of nitrogens with one attached hydrogen (secondary N) is 2. The van der Waals surface area contributed by atoms with Crippen LogP contribution in [0.2, 0.25) is 0 Å². The molecule has 0 fully saturated rings. The lowest BCUT2D eigenvalue weighted by Gasteiger charge is -2.19. The van der Waals surface area contributed by atoms with Crippen LogP contribution in [0.5, 0.6) is 0 Å². The molecule has 0 saturated heterocycles. The van der Waals surface area contributed by atoms with E-state index in [1.807, 2.05) is 42.5 Å². The maximum absolute atomic E-state index is 12.8. The highest BCUT2D eigenvalue weighted by molar-refractivity contribution is 6.04. The molecule has 0 atom stereocenters. The summed E-state index contributed by atoms with van der Waals surface area (Å²) in [6.07, 6.45) is 4.24. The van der Waals surface area contributed by atoms with Gasteiger partial charge in [0.05, 0.1) is 6.20 Å². The number of anilines is 2. The Morgan fingerprint density at radius 3 is 2.55 bits per heavy atom. The number of carbonyl (C=O) groups is 1. The van der Waals surface area contributed by atoms with E-state index in [4.69, 9.17) is 0 Å². The van der Waals surface area contributed by atoms with E-state index >= 15 is 0 Å². The lowest BCUT2D eigenvalue weighted by atomic mass is 9.87. The molecule has 4 aromatic rings. The summed E-state index contributed by atoms with van der Waals surface area (Å²) >= 11 is 0. The molecule has 0 saturated carbocycles. The van der Waals surface area contributed by atoms with Crippen molar-refractivity contribution >= 4 is 23.2 Å². The SMILES string of the molecule is CC(C)(C)c1ccc(C(=O)Nc2cc(NCCc3ccccn3)n3nccc3n2)cc1. The van der Waals surface area contributed by atoms with E-state index in [1.165, 1.54) is 5.56 Å². The molecule has 2 N–H and O–H groups in total. The second kappa shape index (κ2) is 8.55. The molecule has 4 rings (SSSR count). The summed E-state index contributed by atoms with van der Waals surface area (Å²) in [4.78, 5) is 21.6. The number of carbonyl (C=O) groups excluding carboxylic acids is 1. The van der Waals surface area contributed by atoms with Gasteiger partial charge >= 0.3 is 0 Å². The molecule has 1 aromatic carbocycles. The minimum absolute atomic E-state index is 0.0411. The highest BCUT2D eigenvalue weighted by Gasteiger charge is 2.15. The third-order valence-electron chi connectivity index (χ3n) is 5.03. The van der Waals surface area contributed by atoms with Crippen LogP contribution in [0.25, 0.3) is 5.65 Å². The maximum Gasteiger partial charge on any atom is 0.256 e. The van der Waals surface area contributed by atoms with Gasteiger partial charge in [0.15, 0.2) is 5.65 Å². The van der Waals surface area contributed by atoms with Crippen LogP contribution >= 0.6 is 0 Å². The Kier molecular flexibility index (Phi) is 5.66. The Morgan fingerprint density at radius 2 is 1.84 bits per heavy atom. The van der Waals surface area contributed by atoms with Gasteiger partial charge in [0, 0.05) is 42.6 Å². The zero-order valence-electron chi connectivity index (χ0n) is 18.0. The number of nitrogens with zero attached hydrogens (tertiary/aromatic N) is 4. The van der Waals surface area contributed by atoms with Crippen LogP contribution in [0.4, 0.5) is 11.6 Å². The van der Waals surface area contributed by atoms with Crippen molar-refractivity contribution in [3.63, 3.8) is 0 Å². The summed E-state index contributed by atoms with van der Waals surface area (Å²) in [6.45, 7) is 7.12. The topological polar surface area (TPSA) is 84.2 Å². The van der Waals surface area contributed by atoms with Gasteiger partial charge in [-0.3, -0.25) is 9.78 Å². The molecule has 7 nitrogen and oxygen atoms in total. The fourth-order valence-electron chi connectivity index (χ4n) is 3.28. The summed E-state index contributed by atoms with van der Waals surface area (Å²) < 4.78 is 1.71. The van der Waals surface area contributed by atoms with E-state index < -0.39 is 0 Å². The molecule has 158 valence electrons. The first-order chi connectivity index (χ1) is 14.9. The molecule has 0 spiro atoms. The summed E-state index contributed by atoms with van der Waals surface area (Å²) in [7, 11) is 0. The number of pyridine rings is 1. The Bertz CT molecular complexity index is 1180. The van der Waals surface area contributed by atoms with E-state index in [0.29, 0.717) is 23.6 Å². The molecule has 0 radical (unpaired) electrons. The van der Waals surface area contributed by atoms with Crippen LogP contribution < -0.4 is 10.6 Å². The van der Waals surface area contributed by atoms with Gasteiger partial charge < -0.3 is 10.6 Å². The minimum Gasteiger partial charge on any atom is -0.369 e. The van der Waals surface area contributed by atoms with Crippen LogP contribution in [0.15, 0.2) is 67.0 Å². The molecule has 0 aliphatic rings. The lowest BCUT2D eigenvalue weighted by molar-refractivity contribution is 0.102. The molecular formula is C24H26N6O. The number of fused-ring (bicyclic) bond motifs is 1. The van der Waals surface area contributed by atoms with Gasteiger partial charge in [-0.25, -0.2) is 4.98 Å². The quantitative estimate of drug-likeness (QED) is 0.491. The lowest BCUT2D eigenvalue weighted by Crippen LogP contribution is -2.16. The van der Waals surface area contributed by atoms with E-state index in [2.05, 4.69) is 46.5 Å². The van der Waals surface area contributed by atoms with E-state index in [0.717, 1.165) is 17.9 Å². The monoisotopic (exact) mass is 414 g/mol. The van der Waals surface area contributed by atoms with E-state index in [1.54, 1.807) is 29.0 Å². The van der Waals surface area contributed by atoms with Crippen molar-refractivity contribution in [2.75, 3.05) is 17.2 Å². The average Bonchev–Trinajstić information content (AvgIpc) is 3.23. The Balaban J connectivity index is 1.49. The van der Waals surface area contributed by atoms with Gasteiger partial charge in [-0.1, -0.05) is 39.0 Å². The smallest absolute Gasteiger partial charge is 0.256 e. The second-order valence-corrected chi connectivity index (χ2v) is 8.41. The largest absolute Gasteiger partial charge is 0.369 e. The van der Waals surface area contributed by atoms with Crippen molar-refractivity contribution in [3.05, 3.63) is 83.8 Å². The number of benzene rings is 1. The first kappa shape index (κ1) is 20.5. The number of aromatic nitrogens is 4. The van der Waals surface area contributed by atoms with Crippen LogP contribution in [-0.2, 0) is 11.8 Å². The molecule has 0 aliphatic carbocycles. The predicted molar refractivity (Wildman–Crippen MR) is 123 cm³/mol. The van der Waals surface area contributed by atoms with Crippen molar-refractivity contribution in [1.82, 2.24) is 19.6 Å². The highest BCUT2D eigenvalue weighted by Crippen LogP contribution is 2.23. The van der Waals surface area contributed by atoms with Crippen LogP contribution in [0, 0.1) is 0 Å². The number of hydrogen-bond acceptors (Lipinski definition) is 5. The van der Waals surface area contributed by atoms with Crippen molar-refractivity contribution < 1.29 is 4.79 Å². The maximum atomic E-state index is 12.8. The zero-order chi connectivity index (χ0) is 21.8. The normalized spacial score (nSPS) is 11.5. The van der Waals surface area contributed by atoms with Crippen LogP contribution in [-0.4, -0.2) is 32.0 Å². The van der Waals surface area contributed by atoms with Crippen LogP contribution in [0.3, 0.4) is 0 Å². The predicted octanol–water partition coefficient (Wildman–Crippen LogP) is 4.33. The Labute approximate surface area is 181 Å². The van der Waals surface area contributed by atoms with Gasteiger partial charge in [-0.15, -0.1) is 0 Å². The highest BCUT2D eigenvalue weighted by atomic mass is 16.1. The minimum atomic E-state index is -0.198. The Hall–Kier alpha value is -3.74. The standard InChI is InChI=1S/C24H26N6O/c1-24(2,3)18-9-7-17(8-10-18)23(31)29-20-16-22(30-21(28-20)12-15-27-30)26-14-11-19-6-4-5-13-25-19/h4-10,12-13,15-16,26H,11,14H2,1-3H3,(H,28,29,31). The van der Waals surface area contributed by atoms with Gasteiger partial charge in [-0.05, 0) is 35.2 Å².